The van der Waals surface area contributed by atoms with Gasteiger partial charge in [-0.1, -0.05) is 0 Å². The van der Waals surface area contributed by atoms with Crippen molar-refractivity contribution >= 4 is 19.3 Å². The zero-order valence-corrected chi connectivity index (χ0v) is 22.2. The standard InChI is InChI=1S/C23H25F4N5O5.H2S/c1-6-31-18(10-33)30-32(22(31)35)19-16(24)7-15(21(29-19)37-13(4)23(25,26)27)17(34)8-14-11(2)9-28-20(36-5)12(14)3;/h7,9,13,33H,6,8,10H2,1-5H3;1H2/t13-;/m0./s1. The molecule has 0 aliphatic heterocycles. The molecule has 0 saturated heterocycles. The van der Waals surface area contributed by atoms with E-state index < -0.39 is 53.4 Å². The van der Waals surface area contributed by atoms with E-state index >= 15 is 4.39 Å². The molecule has 0 amide bonds. The monoisotopic (exact) mass is 561 g/mol. The fourth-order valence-corrected chi connectivity index (χ4v) is 3.63. The molecule has 3 aromatic heterocycles. The molecule has 0 aliphatic carbocycles. The lowest BCUT2D eigenvalue weighted by molar-refractivity contribution is -0.190. The normalized spacial score (nSPS) is 12.2. The summed E-state index contributed by atoms with van der Waals surface area (Å²) in [5.74, 6) is -3.47. The van der Waals surface area contributed by atoms with Crippen LogP contribution in [0, 0.1) is 19.7 Å². The van der Waals surface area contributed by atoms with Crippen molar-refractivity contribution in [3.8, 4) is 17.6 Å². The Kier molecular flexibility index (Phi) is 9.66. The summed E-state index contributed by atoms with van der Waals surface area (Å²) in [5.41, 5.74) is 0.178. The van der Waals surface area contributed by atoms with Gasteiger partial charge < -0.3 is 14.6 Å². The quantitative estimate of drug-likeness (QED) is 0.313. The van der Waals surface area contributed by atoms with Crippen LogP contribution in [-0.4, -0.2) is 54.6 Å². The number of ketones is 1. The van der Waals surface area contributed by atoms with Crippen LogP contribution < -0.4 is 15.2 Å². The van der Waals surface area contributed by atoms with Crippen LogP contribution in [0.4, 0.5) is 17.6 Å². The van der Waals surface area contributed by atoms with Crippen molar-refractivity contribution in [3.05, 3.63) is 56.6 Å². The van der Waals surface area contributed by atoms with E-state index in [4.69, 9.17) is 9.47 Å². The molecule has 0 radical (unpaired) electrons. The molecule has 15 heteroatoms. The lowest BCUT2D eigenvalue weighted by Gasteiger charge is -2.19. The van der Waals surface area contributed by atoms with E-state index in [-0.39, 0.29) is 38.2 Å². The second kappa shape index (κ2) is 11.9. The number of carbonyl (C=O) groups excluding carboxylic acids is 1. The predicted molar refractivity (Wildman–Crippen MR) is 132 cm³/mol. The molecule has 1 N–H and O–H groups in total. The number of carbonyl (C=O) groups is 1. The molecule has 0 unspecified atom stereocenters. The van der Waals surface area contributed by atoms with Crippen molar-refractivity contribution in [3.63, 3.8) is 0 Å². The molecule has 0 fully saturated rings. The SMILES string of the molecule is CCn1c(CO)nn(-c2nc(O[C@@H](C)C(F)(F)F)c(C(=O)Cc3c(C)cnc(OC)c3C)cc2F)c1=O.S. The third kappa shape index (κ3) is 5.99. The molecule has 0 saturated carbocycles. The smallest absolute Gasteiger partial charge is 0.425 e. The maximum Gasteiger partial charge on any atom is 0.425 e. The number of methoxy groups -OCH3 is 1. The molecular weight excluding hydrogens is 534 g/mol. The number of aromatic nitrogens is 5. The number of pyridine rings is 2. The minimum absolute atomic E-state index is 0. The van der Waals surface area contributed by atoms with E-state index in [0.717, 1.165) is 4.57 Å². The van der Waals surface area contributed by atoms with Crippen LogP contribution in [-0.2, 0) is 19.6 Å². The van der Waals surface area contributed by atoms with Gasteiger partial charge in [-0.05, 0) is 44.9 Å². The maximum atomic E-state index is 15.2. The van der Waals surface area contributed by atoms with Gasteiger partial charge >= 0.3 is 11.9 Å². The molecule has 0 aromatic carbocycles. The van der Waals surface area contributed by atoms with Crippen molar-refractivity contribution in [2.75, 3.05) is 7.11 Å². The van der Waals surface area contributed by atoms with Crippen LogP contribution in [0.15, 0.2) is 17.1 Å². The second-order valence-corrected chi connectivity index (χ2v) is 8.12. The van der Waals surface area contributed by atoms with Crippen LogP contribution >= 0.6 is 13.5 Å². The number of hydrogen-bond acceptors (Lipinski definition) is 8. The maximum absolute atomic E-state index is 15.2. The van der Waals surface area contributed by atoms with E-state index in [2.05, 4.69) is 15.1 Å². The van der Waals surface area contributed by atoms with Crippen molar-refractivity contribution in [1.82, 2.24) is 24.3 Å². The first kappa shape index (κ1) is 30.8. The third-order valence-electron chi connectivity index (χ3n) is 5.73. The average molecular weight is 562 g/mol. The second-order valence-electron chi connectivity index (χ2n) is 8.12. The Hall–Kier alpha value is -3.46. The summed E-state index contributed by atoms with van der Waals surface area (Å²) in [6, 6.07) is 0.655. The van der Waals surface area contributed by atoms with Crippen molar-refractivity contribution < 1.29 is 36.9 Å². The largest absolute Gasteiger partial charge is 0.481 e. The minimum Gasteiger partial charge on any atom is -0.481 e. The van der Waals surface area contributed by atoms with Crippen LogP contribution in [0.3, 0.4) is 0 Å². The lowest BCUT2D eigenvalue weighted by Crippen LogP contribution is -2.32. The fraction of sp³-hybridized carbons (Fsp3) is 0.435. The summed E-state index contributed by atoms with van der Waals surface area (Å²) in [6.07, 6.45) is -6.11. The van der Waals surface area contributed by atoms with E-state index in [1.807, 2.05) is 0 Å². The number of alkyl halides is 3. The Bertz CT molecular complexity index is 1390. The highest BCUT2D eigenvalue weighted by molar-refractivity contribution is 7.59. The third-order valence-corrected chi connectivity index (χ3v) is 5.73. The first-order chi connectivity index (χ1) is 17.3. The van der Waals surface area contributed by atoms with Gasteiger partial charge in [0.1, 0.15) is 6.61 Å². The van der Waals surface area contributed by atoms with Gasteiger partial charge in [-0.15, -0.1) is 5.10 Å². The Morgan fingerprint density at radius 1 is 1.24 bits per heavy atom. The van der Waals surface area contributed by atoms with E-state index in [0.29, 0.717) is 34.4 Å². The summed E-state index contributed by atoms with van der Waals surface area (Å²) in [7, 11) is 1.39. The number of rotatable bonds is 9. The minimum atomic E-state index is -4.83. The molecule has 208 valence electrons. The number of aliphatic hydroxyl groups excluding tert-OH is 1. The average Bonchev–Trinajstić information content (AvgIpc) is 3.16. The van der Waals surface area contributed by atoms with E-state index in [1.165, 1.54) is 13.3 Å². The van der Waals surface area contributed by atoms with Crippen molar-refractivity contribution in [2.24, 2.45) is 0 Å². The summed E-state index contributed by atoms with van der Waals surface area (Å²) in [6.45, 7) is 5.04. The topological polar surface area (TPSA) is 121 Å². The van der Waals surface area contributed by atoms with E-state index in [1.54, 1.807) is 20.8 Å². The Morgan fingerprint density at radius 3 is 2.42 bits per heavy atom. The van der Waals surface area contributed by atoms with Gasteiger partial charge in [-0.25, -0.2) is 14.2 Å². The Labute approximate surface area is 221 Å². The van der Waals surface area contributed by atoms with Gasteiger partial charge in [0.05, 0.1) is 12.7 Å². The molecule has 1 atom stereocenters. The van der Waals surface area contributed by atoms with Gasteiger partial charge in [-0.3, -0.25) is 9.36 Å². The molecule has 38 heavy (non-hydrogen) atoms. The number of aryl methyl sites for hydroxylation is 1. The van der Waals surface area contributed by atoms with Crippen LogP contribution in [0.5, 0.6) is 11.8 Å². The van der Waals surface area contributed by atoms with Gasteiger partial charge in [0.15, 0.2) is 29.3 Å². The lowest BCUT2D eigenvalue weighted by atomic mass is 9.97. The Morgan fingerprint density at radius 2 is 1.89 bits per heavy atom. The van der Waals surface area contributed by atoms with Crippen molar-refractivity contribution in [2.45, 2.75) is 59.5 Å². The van der Waals surface area contributed by atoms with Crippen LogP contribution in [0.1, 0.15) is 46.7 Å². The molecule has 0 aliphatic rings. The highest BCUT2D eigenvalue weighted by Gasteiger charge is 2.39. The first-order valence-electron chi connectivity index (χ1n) is 11.1. The van der Waals surface area contributed by atoms with E-state index in [9.17, 15) is 27.9 Å². The highest BCUT2D eigenvalue weighted by atomic mass is 32.1. The first-order valence-corrected chi connectivity index (χ1v) is 11.1. The molecule has 3 heterocycles. The Balaban J connectivity index is 0.00000507. The number of hydrogen-bond donors (Lipinski definition) is 1. The molecular formula is C23H27F4N5O5S. The van der Waals surface area contributed by atoms with Gasteiger partial charge in [0.2, 0.25) is 11.8 Å². The van der Waals surface area contributed by atoms with Crippen LogP contribution in [0.25, 0.3) is 5.82 Å². The number of nitrogens with zero attached hydrogens (tertiary/aromatic N) is 5. The zero-order chi connectivity index (χ0) is 27.7. The molecule has 3 rings (SSSR count). The molecule has 0 bridgehead atoms. The summed E-state index contributed by atoms with van der Waals surface area (Å²) in [5, 5.41) is 13.3. The summed E-state index contributed by atoms with van der Waals surface area (Å²) in [4.78, 5) is 33.8. The highest BCUT2D eigenvalue weighted by Crippen LogP contribution is 2.30. The summed E-state index contributed by atoms with van der Waals surface area (Å²) < 4.78 is 66.7. The number of halogens is 4. The van der Waals surface area contributed by atoms with Gasteiger partial charge in [-0.2, -0.15) is 36.3 Å². The number of aliphatic hydroxyl groups is 1. The molecule has 10 nitrogen and oxygen atoms in total. The number of ether oxygens (including phenoxy) is 2. The number of Topliss-reactive ketones (excluding diaryl/α,β-unsaturated/α-hetero) is 1. The summed E-state index contributed by atoms with van der Waals surface area (Å²) >= 11 is 0. The van der Waals surface area contributed by atoms with Crippen LogP contribution in [0.2, 0.25) is 0 Å². The molecule has 3 aromatic rings. The van der Waals surface area contributed by atoms with Gasteiger partial charge in [0, 0.05) is 24.7 Å². The van der Waals surface area contributed by atoms with Gasteiger partial charge in [0.25, 0.3) is 0 Å². The predicted octanol–water partition coefficient (Wildman–Crippen LogP) is 2.97. The zero-order valence-electron chi connectivity index (χ0n) is 21.2. The fourth-order valence-electron chi connectivity index (χ4n) is 3.63. The van der Waals surface area contributed by atoms with Crippen molar-refractivity contribution in [1.29, 1.82) is 0 Å². The molecule has 0 spiro atoms.